The first-order chi connectivity index (χ1) is 11.9. The van der Waals surface area contributed by atoms with Gasteiger partial charge < -0.3 is 14.7 Å². The minimum Gasteiger partial charge on any atom is -0.481 e. The molecule has 1 saturated heterocycles. The Morgan fingerprint density at radius 1 is 1.28 bits per heavy atom. The molecule has 25 heavy (non-hydrogen) atoms. The summed E-state index contributed by atoms with van der Waals surface area (Å²) in [7, 11) is 1.55. The molecule has 0 bridgehead atoms. The van der Waals surface area contributed by atoms with Crippen molar-refractivity contribution in [1.29, 1.82) is 0 Å². The van der Waals surface area contributed by atoms with Gasteiger partial charge in [0.1, 0.15) is 0 Å². The zero-order valence-corrected chi connectivity index (χ0v) is 14.4. The van der Waals surface area contributed by atoms with Gasteiger partial charge in [0.05, 0.1) is 13.0 Å². The lowest BCUT2D eigenvalue weighted by molar-refractivity contribution is -0.142. The Hall–Kier alpha value is -1.92. The summed E-state index contributed by atoms with van der Waals surface area (Å²) in [5, 5.41) is 9.17. The van der Waals surface area contributed by atoms with Crippen molar-refractivity contribution < 1.29 is 23.4 Å². The molecule has 1 aromatic heterocycles. The van der Waals surface area contributed by atoms with E-state index in [0.717, 1.165) is 11.3 Å². The molecule has 0 amide bonds. The van der Waals surface area contributed by atoms with Crippen LogP contribution in [0.2, 0.25) is 0 Å². The third kappa shape index (κ3) is 4.02. The number of rotatable bonds is 4. The Bertz CT molecular complexity index is 621. The quantitative estimate of drug-likeness (QED) is 0.894. The number of aromatic nitrogens is 1. The van der Waals surface area contributed by atoms with Crippen LogP contribution in [-0.2, 0) is 4.79 Å². The van der Waals surface area contributed by atoms with E-state index in [9.17, 15) is 13.6 Å². The van der Waals surface area contributed by atoms with E-state index in [0.29, 0.717) is 44.7 Å². The van der Waals surface area contributed by atoms with Crippen molar-refractivity contribution in [2.24, 2.45) is 5.92 Å². The summed E-state index contributed by atoms with van der Waals surface area (Å²) in [6.45, 7) is 1.28. The fraction of sp³-hybridized carbons (Fsp3) is 0.667. The van der Waals surface area contributed by atoms with E-state index in [1.165, 1.54) is 0 Å². The Labute approximate surface area is 146 Å². The van der Waals surface area contributed by atoms with Crippen LogP contribution in [0.4, 0.5) is 14.5 Å². The summed E-state index contributed by atoms with van der Waals surface area (Å²) in [6.07, 6.45) is 3.61. The molecule has 0 spiro atoms. The van der Waals surface area contributed by atoms with Crippen LogP contribution in [0.3, 0.4) is 0 Å². The van der Waals surface area contributed by atoms with Gasteiger partial charge in [-0.05, 0) is 37.2 Å². The maximum absolute atomic E-state index is 13.5. The van der Waals surface area contributed by atoms with Crippen LogP contribution in [0.5, 0.6) is 5.88 Å². The first-order valence-electron chi connectivity index (χ1n) is 8.79. The van der Waals surface area contributed by atoms with Gasteiger partial charge in [0.2, 0.25) is 11.8 Å². The molecule has 0 unspecified atom stereocenters. The molecule has 1 N–H and O–H groups in total. The summed E-state index contributed by atoms with van der Waals surface area (Å²) < 4.78 is 32.2. The highest BCUT2D eigenvalue weighted by molar-refractivity contribution is 5.70. The van der Waals surface area contributed by atoms with Crippen molar-refractivity contribution in [3.63, 3.8) is 0 Å². The molecule has 0 radical (unpaired) electrons. The van der Waals surface area contributed by atoms with E-state index in [2.05, 4.69) is 9.88 Å². The Morgan fingerprint density at radius 3 is 2.48 bits per heavy atom. The standard InChI is InChI=1S/C18H24F2N2O3/c1-25-16-10-15(22-8-4-13(5-9-22)17(23)24)14(11-21-16)12-2-6-18(19,20)7-3-12/h10-13H,2-9H2,1H3,(H,23,24). The average molecular weight is 354 g/mol. The third-order valence-corrected chi connectivity index (χ3v) is 5.44. The molecule has 1 aliphatic heterocycles. The molecule has 1 aliphatic carbocycles. The predicted octanol–water partition coefficient (Wildman–Crippen LogP) is 3.68. The first-order valence-corrected chi connectivity index (χ1v) is 8.79. The maximum atomic E-state index is 13.5. The van der Waals surface area contributed by atoms with Gasteiger partial charge in [-0.1, -0.05) is 0 Å². The van der Waals surface area contributed by atoms with Gasteiger partial charge in [-0.25, -0.2) is 13.8 Å². The van der Waals surface area contributed by atoms with Crippen LogP contribution in [0.1, 0.15) is 50.0 Å². The number of carboxylic acids is 1. The number of carbonyl (C=O) groups is 1. The Balaban J connectivity index is 1.81. The molecule has 2 heterocycles. The normalized spacial score (nSPS) is 22.0. The maximum Gasteiger partial charge on any atom is 0.306 e. The van der Waals surface area contributed by atoms with Crippen molar-refractivity contribution in [1.82, 2.24) is 4.98 Å². The summed E-state index contributed by atoms with van der Waals surface area (Å²) in [6, 6.07) is 1.85. The summed E-state index contributed by atoms with van der Waals surface area (Å²) in [5.41, 5.74) is 1.93. The fourth-order valence-corrected chi connectivity index (χ4v) is 3.86. The molecular weight excluding hydrogens is 330 g/mol. The smallest absolute Gasteiger partial charge is 0.306 e. The average Bonchev–Trinajstić information content (AvgIpc) is 2.61. The number of ether oxygens (including phenoxy) is 1. The van der Waals surface area contributed by atoms with Gasteiger partial charge >= 0.3 is 5.97 Å². The molecule has 1 aromatic rings. The Morgan fingerprint density at radius 2 is 1.92 bits per heavy atom. The van der Waals surface area contributed by atoms with E-state index < -0.39 is 11.9 Å². The second-order valence-electron chi connectivity index (χ2n) is 7.02. The minimum atomic E-state index is -2.56. The van der Waals surface area contributed by atoms with Crippen molar-refractivity contribution in [2.45, 2.75) is 50.4 Å². The lowest BCUT2D eigenvalue weighted by Crippen LogP contribution is -2.37. The van der Waals surface area contributed by atoms with E-state index in [4.69, 9.17) is 9.84 Å². The van der Waals surface area contributed by atoms with Crippen LogP contribution in [0, 0.1) is 5.92 Å². The van der Waals surface area contributed by atoms with Crippen LogP contribution in [-0.4, -0.2) is 42.2 Å². The van der Waals surface area contributed by atoms with Crippen molar-refractivity contribution in [3.8, 4) is 5.88 Å². The number of carboxylic acid groups (broad SMARTS) is 1. The number of nitrogens with zero attached hydrogens (tertiary/aromatic N) is 2. The van der Waals surface area contributed by atoms with Crippen LogP contribution < -0.4 is 9.64 Å². The number of anilines is 1. The van der Waals surface area contributed by atoms with Gasteiger partial charge in [0.15, 0.2) is 0 Å². The SMILES string of the molecule is COc1cc(N2CCC(C(=O)O)CC2)c(C2CCC(F)(F)CC2)cn1. The number of methoxy groups -OCH3 is 1. The van der Waals surface area contributed by atoms with E-state index in [1.807, 2.05) is 6.07 Å². The van der Waals surface area contributed by atoms with E-state index in [1.54, 1.807) is 13.3 Å². The largest absolute Gasteiger partial charge is 0.481 e. The zero-order chi connectivity index (χ0) is 18.0. The molecule has 7 heteroatoms. The first kappa shape index (κ1) is 17.9. The van der Waals surface area contributed by atoms with Gasteiger partial charge in [0, 0.05) is 43.9 Å². The number of hydrogen-bond donors (Lipinski definition) is 1. The number of piperidine rings is 1. The lowest BCUT2D eigenvalue weighted by Gasteiger charge is -2.36. The summed E-state index contributed by atoms with van der Waals surface area (Å²) >= 11 is 0. The number of hydrogen-bond acceptors (Lipinski definition) is 4. The predicted molar refractivity (Wildman–Crippen MR) is 89.5 cm³/mol. The number of pyridine rings is 1. The number of aliphatic carboxylic acids is 1. The molecule has 2 fully saturated rings. The fourth-order valence-electron chi connectivity index (χ4n) is 3.86. The summed E-state index contributed by atoms with van der Waals surface area (Å²) in [4.78, 5) is 17.6. The molecule has 0 aromatic carbocycles. The molecule has 5 nitrogen and oxygen atoms in total. The second-order valence-corrected chi connectivity index (χ2v) is 7.02. The number of halogens is 2. The third-order valence-electron chi connectivity index (χ3n) is 5.44. The van der Waals surface area contributed by atoms with Gasteiger partial charge in [-0.15, -0.1) is 0 Å². The van der Waals surface area contributed by atoms with Crippen molar-refractivity contribution in [2.75, 3.05) is 25.1 Å². The molecule has 0 atom stereocenters. The highest BCUT2D eigenvalue weighted by atomic mass is 19.3. The molecular formula is C18H24F2N2O3. The Kier molecular flexibility index (Phi) is 5.11. The van der Waals surface area contributed by atoms with Gasteiger partial charge in [-0.3, -0.25) is 4.79 Å². The molecule has 2 aliphatic rings. The van der Waals surface area contributed by atoms with Crippen molar-refractivity contribution in [3.05, 3.63) is 17.8 Å². The summed E-state index contributed by atoms with van der Waals surface area (Å²) in [5.74, 6) is -3.07. The van der Waals surface area contributed by atoms with E-state index >= 15 is 0 Å². The highest BCUT2D eigenvalue weighted by Crippen LogP contribution is 2.44. The molecule has 3 rings (SSSR count). The lowest BCUT2D eigenvalue weighted by atomic mass is 9.82. The molecule has 138 valence electrons. The molecule has 1 saturated carbocycles. The van der Waals surface area contributed by atoms with Crippen molar-refractivity contribution >= 4 is 11.7 Å². The number of alkyl halides is 2. The zero-order valence-electron chi connectivity index (χ0n) is 14.4. The van der Waals surface area contributed by atoms with Crippen LogP contribution >= 0.6 is 0 Å². The van der Waals surface area contributed by atoms with Gasteiger partial charge in [-0.2, -0.15) is 0 Å². The highest BCUT2D eigenvalue weighted by Gasteiger charge is 2.37. The minimum absolute atomic E-state index is 0.0604. The van der Waals surface area contributed by atoms with Crippen LogP contribution in [0.25, 0.3) is 0 Å². The topological polar surface area (TPSA) is 62.7 Å². The van der Waals surface area contributed by atoms with E-state index in [-0.39, 0.29) is 24.7 Å². The van der Waals surface area contributed by atoms with Gasteiger partial charge in [0.25, 0.3) is 0 Å². The second kappa shape index (κ2) is 7.14. The monoisotopic (exact) mass is 354 g/mol. The van der Waals surface area contributed by atoms with Crippen LogP contribution in [0.15, 0.2) is 12.3 Å².